The van der Waals surface area contributed by atoms with Gasteiger partial charge in [-0.1, -0.05) is 20.3 Å². The largest absolute Gasteiger partial charge is 0.311 e. The molecule has 1 saturated heterocycles. The lowest BCUT2D eigenvalue weighted by molar-refractivity contribution is 0.115. The molecule has 1 fully saturated rings. The highest BCUT2D eigenvalue weighted by Crippen LogP contribution is 2.20. The van der Waals surface area contributed by atoms with Gasteiger partial charge in [0.05, 0.1) is 0 Å². The summed E-state index contributed by atoms with van der Waals surface area (Å²) in [7, 11) is 0. The molecule has 1 aromatic rings. The molecule has 1 aliphatic heterocycles. The lowest BCUT2D eigenvalue weighted by Gasteiger charge is -2.40. The molecule has 18 heavy (non-hydrogen) atoms. The van der Waals surface area contributed by atoms with E-state index < -0.39 is 0 Å². The van der Waals surface area contributed by atoms with Crippen molar-refractivity contribution in [3.8, 4) is 0 Å². The highest BCUT2D eigenvalue weighted by atomic mass is 32.1. The van der Waals surface area contributed by atoms with Gasteiger partial charge in [-0.05, 0) is 41.7 Å². The number of nitrogens with zero attached hydrogens (tertiary/aromatic N) is 1. The van der Waals surface area contributed by atoms with Crippen LogP contribution in [0.5, 0.6) is 0 Å². The maximum Gasteiger partial charge on any atom is 0.0248 e. The fourth-order valence-corrected chi connectivity index (χ4v) is 3.68. The zero-order valence-electron chi connectivity index (χ0n) is 11.9. The van der Waals surface area contributed by atoms with E-state index in [-0.39, 0.29) is 0 Å². The van der Waals surface area contributed by atoms with Crippen LogP contribution in [0, 0.1) is 6.92 Å². The minimum atomic E-state index is 0.691. The minimum Gasteiger partial charge on any atom is -0.311 e. The van der Waals surface area contributed by atoms with Crippen molar-refractivity contribution >= 4 is 11.3 Å². The molecule has 3 heteroatoms. The van der Waals surface area contributed by atoms with Crippen molar-refractivity contribution in [3.63, 3.8) is 0 Å². The number of aryl methyl sites for hydroxylation is 1. The summed E-state index contributed by atoms with van der Waals surface area (Å²) in [6, 6.07) is 1.40. The second-order valence-electron chi connectivity index (χ2n) is 5.47. The van der Waals surface area contributed by atoms with Gasteiger partial charge in [0, 0.05) is 31.7 Å². The Morgan fingerprint density at radius 2 is 2.22 bits per heavy atom. The van der Waals surface area contributed by atoms with Crippen LogP contribution in [-0.4, -0.2) is 30.1 Å². The molecule has 102 valence electrons. The molecule has 0 radical (unpaired) electrons. The van der Waals surface area contributed by atoms with Crippen molar-refractivity contribution in [2.45, 2.75) is 58.7 Å². The highest BCUT2D eigenvalue weighted by Gasteiger charge is 2.26. The van der Waals surface area contributed by atoms with Crippen molar-refractivity contribution in [2.75, 3.05) is 13.1 Å². The van der Waals surface area contributed by atoms with Gasteiger partial charge in [0.2, 0.25) is 0 Å². The summed E-state index contributed by atoms with van der Waals surface area (Å²) in [6.07, 6.45) is 3.82. The summed E-state index contributed by atoms with van der Waals surface area (Å²) in [6.45, 7) is 10.3. The summed E-state index contributed by atoms with van der Waals surface area (Å²) in [5.74, 6) is 0. The van der Waals surface area contributed by atoms with Gasteiger partial charge in [0.25, 0.3) is 0 Å². The Hall–Kier alpha value is -0.380. The second kappa shape index (κ2) is 6.69. The molecule has 2 nitrogen and oxygen atoms in total. The Kier molecular flexibility index (Phi) is 5.22. The van der Waals surface area contributed by atoms with Crippen LogP contribution < -0.4 is 5.32 Å². The number of hydrogen-bond acceptors (Lipinski definition) is 3. The molecule has 1 aromatic heterocycles. The van der Waals surface area contributed by atoms with E-state index in [4.69, 9.17) is 0 Å². The molecule has 2 unspecified atom stereocenters. The predicted octanol–water partition coefficient (Wildman–Crippen LogP) is 3.41. The quantitative estimate of drug-likeness (QED) is 0.878. The summed E-state index contributed by atoms with van der Waals surface area (Å²) in [4.78, 5) is 2.69. The molecule has 0 aliphatic carbocycles. The molecule has 0 saturated carbocycles. The van der Waals surface area contributed by atoms with Crippen molar-refractivity contribution in [1.29, 1.82) is 0 Å². The third kappa shape index (κ3) is 3.34. The topological polar surface area (TPSA) is 15.3 Å². The van der Waals surface area contributed by atoms with Gasteiger partial charge >= 0.3 is 0 Å². The van der Waals surface area contributed by atoms with Crippen LogP contribution in [0.2, 0.25) is 0 Å². The Bertz CT molecular complexity index is 361. The SMILES string of the molecule is CCCC1CN(Cc2cscc2C)C(CC)CN1. The molecule has 0 spiro atoms. The van der Waals surface area contributed by atoms with E-state index in [1.54, 1.807) is 0 Å². The first-order valence-corrected chi connectivity index (χ1v) is 8.18. The number of piperazine rings is 1. The average molecular weight is 266 g/mol. The standard InChI is InChI=1S/C15H26N2S/c1-4-6-14-9-17(15(5-2)7-16-14)8-13-11-18-10-12(13)3/h10-11,14-16H,4-9H2,1-3H3. The van der Waals surface area contributed by atoms with Crippen LogP contribution in [0.15, 0.2) is 10.8 Å². The third-order valence-corrected chi connectivity index (χ3v) is 4.97. The van der Waals surface area contributed by atoms with Crippen LogP contribution in [0.3, 0.4) is 0 Å². The Morgan fingerprint density at radius 1 is 1.39 bits per heavy atom. The Balaban J connectivity index is 2.00. The van der Waals surface area contributed by atoms with Crippen LogP contribution in [0.1, 0.15) is 44.2 Å². The minimum absolute atomic E-state index is 0.691. The zero-order chi connectivity index (χ0) is 13.0. The van der Waals surface area contributed by atoms with Crippen molar-refractivity contribution < 1.29 is 0 Å². The number of hydrogen-bond donors (Lipinski definition) is 1. The van der Waals surface area contributed by atoms with Gasteiger partial charge in [0.15, 0.2) is 0 Å². The van der Waals surface area contributed by atoms with Crippen LogP contribution in [0.4, 0.5) is 0 Å². The first-order valence-electron chi connectivity index (χ1n) is 7.23. The first kappa shape index (κ1) is 14.0. The van der Waals surface area contributed by atoms with E-state index in [0.717, 1.165) is 13.1 Å². The molecule has 0 aromatic carbocycles. The van der Waals surface area contributed by atoms with Gasteiger partial charge in [-0.25, -0.2) is 0 Å². The number of thiophene rings is 1. The fourth-order valence-electron chi connectivity index (χ4n) is 2.83. The molecule has 2 heterocycles. The molecule has 2 rings (SSSR count). The van der Waals surface area contributed by atoms with Crippen molar-refractivity contribution in [1.82, 2.24) is 10.2 Å². The van der Waals surface area contributed by atoms with E-state index >= 15 is 0 Å². The first-order chi connectivity index (χ1) is 8.74. The molecular weight excluding hydrogens is 240 g/mol. The highest BCUT2D eigenvalue weighted by molar-refractivity contribution is 7.08. The maximum atomic E-state index is 3.71. The molecule has 1 N–H and O–H groups in total. The van der Waals surface area contributed by atoms with Gasteiger partial charge in [-0.3, -0.25) is 4.90 Å². The Morgan fingerprint density at radius 3 is 2.83 bits per heavy atom. The summed E-state index contributed by atoms with van der Waals surface area (Å²) in [5, 5.41) is 8.29. The fraction of sp³-hybridized carbons (Fsp3) is 0.733. The van der Waals surface area contributed by atoms with Crippen molar-refractivity contribution in [2.24, 2.45) is 0 Å². The van der Waals surface area contributed by atoms with E-state index in [1.165, 1.54) is 36.9 Å². The Labute approximate surface area is 115 Å². The molecular formula is C15H26N2S. The summed E-state index contributed by atoms with van der Waals surface area (Å²) < 4.78 is 0. The van der Waals surface area contributed by atoms with Crippen LogP contribution in [0.25, 0.3) is 0 Å². The van der Waals surface area contributed by atoms with Gasteiger partial charge in [0.1, 0.15) is 0 Å². The van der Waals surface area contributed by atoms with Crippen LogP contribution >= 0.6 is 11.3 Å². The third-order valence-electron chi connectivity index (χ3n) is 4.06. The molecule has 0 bridgehead atoms. The lowest BCUT2D eigenvalue weighted by Crippen LogP contribution is -2.55. The molecule has 1 aliphatic rings. The molecule has 0 amide bonds. The number of nitrogens with one attached hydrogen (secondary N) is 1. The van der Waals surface area contributed by atoms with E-state index in [1.807, 2.05) is 11.3 Å². The van der Waals surface area contributed by atoms with Crippen molar-refractivity contribution in [3.05, 3.63) is 21.9 Å². The zero-order valence-corrected chi connectivity index (χ0v) is 12.7. The normalized spacial score (nSPS) is 25.5. The van der Waals surface area contributed by atoms with Crippen LogP contribution in [-0.2, 0) is 6.54 Å². The predicted molar refractivity (Wildman–Crippen MR) is 80.2 cm³/mol. The number of rotatable bonds is 5. The van der Waals surface area contributed by atoms with Gasteiger partial charge in [-0.15, -0.1) is 0 Å². The van der Waals surface area contributed by atoms with Gasteiger partial charge in [-0.2, -0.15) is 11.3 Å². The maximum absolute atomic E-state index is 3.71. The van der Waals surface area contributed by atoms with E-state index in [9.17, 15) is 0 Å². The van der Waals surface area contributed by atoms with E-state index in [0.29, 0.717) is 12.1 Å². The molecule has 2 atom stereocenters. The summed E-state index contributed by atoms with van der Waals surface area (Å²) >= 11 is 1.83. The summed E-state index contributed by atoms with van der Waals surface area (Å²) in [5.41, 5.74) is 2.98. The van der Waals surface area contributed by atoms with Gasteiger partial charge < -0.3 is 5.32 Å². The van der Waals surface area contributed by atoms with E-state index in [2.05, 4.69) is 41.7 Å². The second-order valence-corrected chi connectivity index (χ2v) is 6.21. The average Bonchev–Trinajstić information content (AvgIpc) is 2.76. The smallest absolute Gasteiger partial charge is 0.0248 e. The monoisotopic (exact) mass is 266 g/mol. The lowest BCUT2D eigenvalue weighted by atomic mass is 10.0.